The summed E-state index contributed by atoms with van der Waals surface area (Å²) in [7, 11) is -3.15. The lowest BCUT2D eigenvalue weighted by Crippen LogP contribution is -2.41. The Hall–Kier alpha value is -0.990. The van der Waals surface area contributed by atoms with Crippen molar-refractivity contribution in [3.63, 3.8) is 0 Å². The molecule has 0 bridgehead atoms. The average Bonchev–Trinajstić information content (AvgIpc) is 2.29. The lowest BCUT2D eigenvalue weighted by atomic mass is 10.2. The van der Waals surface area contributed by atoms with Crippen molar-refractivity contribution < 1.29 is 13.3 Å². The predicted molar refractivity (Wildman–Crippen MR) is 81.4 cm³/mol. The zero-order valence-electron chi connectivity index (χ0n) is 11.5. The van der Waals surface area contributed by atoms with E-state index in [4.69, 9.17) is 0 Å². The summed E-state index contributed by atoms with van der Waals surface area (Å²) >= 11 is 3.27. The standard InChI is InChI=1S/C12H17BrN2O4S/c1-12(2,20(3,18)19)8-14-7-9-4-5-10(15(16)17)6-11(9)13/h4-6,14H,7-8H2,1-3H3. The fraction of sp³-hybridized carbons (Fsp3) is 0.500. The zero-order valence-corrected chi connectivity index (χ0v) is 13.9. The summed E-state index contributed by atoms with van der Waals surface area (Å²) in [5, 5.41) is 13.7. The number of benzene rings is 1. The van der Waals surface area contributed by atoms with Crippen LogP contribution in [0.3, 0.4) is 0 Å². The first kappa shape index (κ1) is 17.1. The van der Waals surface area contributed by atoms with Crippen LogP contribution in [0.4, 0.5) is 5.69 Å². The van der Waals surface area contributed by atoms with E-state index in [-0.39, 0.29) is 5.69 Å². The lowest BCUT2D eigenvalue weighted by Gasteiger charge is -2.23. The van der Waals surface area contributed by atoms with Gasteiger partial charge in [-0.15, -0.1) is 0 Å². The number of non-ortho nitro benzene ring substituents is 1. The molecular formula is C12H17BrN2O4S. The molecule has 0 saturated heterocycles. The van der Waals surface area contributed by atoms with Crippen LogP contribution in [0, 0.1) is 10.1 Å². The first-order valence-electron chi connectivity index (χ1n) is 5.88. The summed E-state index contributed by atoms with van der Waals surface area (Å²) in [6.45, 7) is 4.03. The number of hydrogen-bond acceptors (Lipinski definition) is 5. The molecule has 112 valence electrons. The highest BCUT2D eigenvalue weighted by molar-refractivity contribution is 9.10. The van der Waals surface area contributed by atoms with Gasteiger partial charge in [-0.05, 0) is 25.5 Å². The first-order valence-corrected chi connectivity index (χ1v) is 8.56. The van der Waals surface area contributed by atoms with Gasteiger partial charge in [-0.25, -0.2) is 8.42 Å². The molecule has 0 radical (unpaired) electrons. The molecule has 1 aromatic rings. The maximum absolute atomic E-state index is 11.6. The Bertz CT molecular complexity index is 614. The van der Waals surface area contributed by atoms with E-state index in [2.05, 4.69) is 21.2 Å². The van der Waals surface area contributed by atoms with Crippen molar-refractivity contribution in [3.8, 4) is 0 Å². The van der Waals surface area contributed by atoms with Gasteiger partial charge in [-0.3, -0.25) is 10.1 Å². The molecule has 1 aromatic carbocycles. The van der Waals surface area contributed by atoms with Crippen molar-refractivity contribution >= 4 is 31.5 Å². The summed E-state index contributed by atoms with van der Waals surface area (Å²) in [5.74, 6) is 0. The summed E-state index contributed by atoms with van der Waals surface area (Å²) in [4.78, 5) is 10.2. The third-order valence-corrected chi connectivity index (χ3v) is 6.01. The van der Waals surface area contributed by atoms with Crippen LogP contribution in [0.1, 0.15) is 19.4 Å². The molecule has 0 spiro atoms. The smallest absolute Gasteiger partial charge is 0.270 e. The van der Waals surface area contributed by atoms with Crippen LogP contribution in [0.5, 0.6) is 0 Å². The number of sulfone groups is 1. The van der Waals surface area contributed by atoms with Gasteiger partial charge in [0, 0.05) is 36.0 Å². The Morgan fingerprint density at radius 1 is 1.40 bits per heavy atom. The molecule has 1 N–H and O–H groups in total. The molecule has 0 aliphatic carbocycles. The van der Waals surface area contributed by atoms with E-state index in [0.717, 1.165) is 5.56 Å². The minimum Gasteiger partial charge on any atom is -0.311 e. The molecule has 8 heteroatoms. The average molecular weight is 365 g/mol. The fourth-order valence-electron chi connectivity index (χ4n) is 1.42. The number of nitrogens with one attached hydrogen (secondary N) is 1. The van der Waals surface area contributed by atoms with Gasteiger partial charge >= 0.3 is 0 Å². The van der Waals surface area contributed by atoms with E-state index in [0.29, 0.717) is 17.6 Å². The van der Waals surface area contributed by atoms with Gasteiger partial charge in [0.2, 0.25) is 0 Å². The monoisotopic (exact) mass is 364 g/mol. The molecule has 0 heterocycles. The normalized spacial score (nSPS) is 12.4. The van der Waals surface area contributed by atoms with Gasteiger partial charge in [0.1, 0.15) is 0 Å². The Kier molecular flexibility index (Phi) is 5.28. The summed E-state index contributed by atoms with van der Waals surface area (Å²) in [5.41, 5.74) is 0.844. The van der Waals surface area contributed by atoms with Gasteiger partial charge in [-0.2, -0.15) is 0 Å². The number of nitrogens with zero attached hydrogens (tertiary/aromatic N) is 1. The van der Waals surface area contributed by atoms with Crippen molar-refractivity contribution in [1.82, 2.24) is 5.32 Å². The molecule has 0 unspecified atom stereocenters. The van der Waals surface area contributed by atoms with Gasteiger partial charge < -0.3 is 5.32 Å². The number of nitro benzene ring substituents is 1. The molecule has 20 heavy (non-hydrogen) atoms. The zero-order chi connectivity index (χ0) is 15.6. The Labute approximate surface area is 126 Å². The second-order valence-electron chi connectivity index (χ2n) is 5.17. The molecule has 0 aliphatic rings. The molecule has 0 amide bonds. The van der Waals surface area contributed by atoms with Gasteiger partial charge in [0.25, 0.3) is 5.69 Å². The second kappa shape index (κ2) is 6.19. The maximum atomic E-state index is 11.6. The van der Waals surface area contributed by atoms with Gasteiger partial charge in [-0.1, -0.05) is 15.9 Å². The topological polar surface area (TPSA) is 89.3 Å². The number of rotatable bonds is 6. The quantitative estimate of drug-likeness (QED) is 0.617. The van der Waals surface area contributed by atoms with Gasteiger partial charge in [0.05, 0.1) is 9.67 Å². The Balaban J connectivity index is 2.70. The first-order chi connectivity index (χ1) is 9.04. The van der Waals surface area contributed by atoms with E-state index in [1.807, 2.05) is 0 Å². The minimum absolute atomic E-state index is 0.0112. The Morgan fingerprint density at radius 3 is 2.45 bits per heavy atom. The molecule has 0 fully saturated rings. The summed E-state index contributed by atoms with van der Waals surface area (Å²) < 4.78 is 22.9. The van der Waals surface area contributed by atoms with Crippen LogP contribution in [0.25, 0.3) is 0 Å². The van der Waals surface area contributed by atoms with Crippen molar-refractivity contribution in [1.29, 1.82) is 0 Å². The van der Waals surface area contributed by atoms with E-state index in [1.54, 1.807) is 19.9 Å². The van der Waals surface area contributed by atoms with Crippen LogP contribution < -0.4 is 5.32 Å². The molecule has 0 saturated carbocycles. The second-order valence-corrected chi connectivity index (χ2v) is 8.67. The van der Waals surface area contributed by atoms with E-state index >= 15 is 0 Å². The molecule has 0 atom stereocenters. The number of nitro groups is 1. The third-order valence-electron chi connectivity index (χ3n) is 3.12. The third kappa shape index (κ3) is 4.26. The van der Waals surface area contributed by atoms with E-state index in [9.17, 15) is 18.5 Å². The van der Waals surface area contributed by atoms with Gasteiger partial charge in [0.15, 0.2) is 9.84 Å². The predicted octanol–water partition coefficient (Wildman–Crippen LogP) is 2.27. The van der Waals surface area contributed by atoms with Crippen molar-refractivity contribution in [2.45, 2.75) is 25.1 Å². The largest absolute Gasteiger partial charge is 0.311 e. The minimum atomic E-state index is -3.15. The molecular weight excluding hydrogens is 348 g/mol. The lowest BCUT2D eigenvalue weighted by molar-refractivity contribution is -0.384. The van der Waals surface area contributed by atoms with Crippen LogP contribution in [0.2, 0.25) is 0 Å². The number of hydrogen-bond donors (Lipinski definition) is 1. The highest BCUT2D eigenvalue weighted by Crippen LogP contribution is 2.23. The van der Waals surface area contributed by atoms with Crippen LogP contribution >= 0.6 is 15.9 Å². The summed E-state index contributed by atoms with van der Waals surface area (Å²) in [6.07, 6.45) is 1.20. The molecule has 1 rings (SSSR count). The van der Waals surface area contributed by atoms with Crippen LogP contribution in [-0.2, 0) is 16.4 Å². The van der Waals surface area contributed by atoms with E-state index < -0.39 is 19.5 Å². The molecule has 6 nitrogen and oxygen atoms in total. The Morgan fingerprint density at radius 2 is 2.00 bits per heavy atom. The summed E-state index contributed by atoms with van der Waals surface area (Å²) in [6, 6.07) is 4.49. The van der Waals surface area contributed by atoms with Crippen molar-refractivity contribution in [3.05, 3.63) is 38.3 Å². The number of halogens is 1. The van der Waals surface area contributed by atoms with E-state index in [1.165, 1.54) is 18.4 Å². The van der Waals surface area contributed by atoms with Crippen LogP contribution in [0.15, 0.2) is 22.7 Å². The van der Waals surface area contributed by atoms with Crippen molar-refractivity contribution in [2.24, 2.45) is 0 Å². The molecule has 0 aromatic heterocycles. The highest BCUT2D eigenvalue weighted by Gasteiger charge is 2.29. The molecule has 0 aliphatic heterocycles. The highest BCUT2D eigenvalue weighted by atomic mass is 79.9. The maximum Gasteiger partial charge on any atom is 0.270 e. The SMILES string of the molecule is CC(C)(CNCc1ccc([N+](=O)[O-])cc1Br)S(C)(=O)=O. The fourth-order valence-corrected chi connectivity index (χ4v) is 2.29. The van der Waals surface area contributed by atoms with Crippen molar-refractivity contribution in [2.75, 3.05) is 12.8 Å². The van der Waals surface area contributed by atoms with Crippen LogP contribution in [-0.4, -0.2) is 30.9 Å².